The van der Waals surface area contributed by atoms with Gasteiger partial charge in [-0.05, 0) is 49.8 Å². The Morgan fingerprint density at radius 1 is 1.27 bits per heavy atom. The molecule has 1 aliphatic heterocycles. The van der Waals surface area contributed by atoms with Crippen LogP contribution in [0, 0.1) is 12.8 Å². The molecule has 2 aliphatic rings. The number of alkyl halides is 3. The van der Waals surface area contributed by atoms with Crippen molar-refractivity contribution in [3.05, 3.63) is 65.7 Å². The third-order valence-corrected chi connectivity index (χ3v) is 6.65. The van der Waals surface area contributed by atoms with E-state index in [1.165, 1.54) is 12.3 Å². The van der Waals surface area contributed by atoms with Crippen LogP contribution in [0.3, 0.4) is 0 Å². The van der Waals surface area contributed by atoms with Gasteiger partial charge in [-0.15, -0.1) is 0 Å². The third kappa shape index (κ3) is 3.85. The Morgan fingerprint density at radius 3 is 2.79 bits per heavy atom. The van der Waals surface area contributed by atoms with Gasteiger partial charge < -0.3 is 14.1 Å². The highest BCUT2D eigenvalue weighted by molar-refractivity contribution is 6.01. The van der Waals surface area contributed by atoms with E-state index in [-0.39, 0.29) is 18.4 Å². The van der Waals surface area contributed by atoms with Crippen molar-refractivity contribution < 1.29 is 27.1 Å². The van der Waals surface area contributed by atoms with Crippen LogP contribution in [-0.4, -0.2) is 39.5 Å². The van der Waals surface area contributed by atoms with Crippen molar-refractivity contribution in [3.8, 4) is 17.3 Å². The summed E-state index contributed by atoms with van der Waals surface area (Å²) < 4.78 is 49.7. The molecule has 1 saturated carbocycles. The first-order chi connectivity index (χ1) is 15.8. The molecule has 6 nitrogen and oxygen atoms in total. The van der Waals surface area contributed by atoms with Gasteiger partial charge in [0.2, 0.25) is 11.8 Å². The summed E-state index contributed by atoms with van der Waals surface area (Å²) in [4.78, 5) is 23.6. The van der Waals surface area contributed by atoms with E-state index in [1.54, 1.807) is 12.3 Å². The molecule has 2 atom stereocenters. The van der Waals surface area contributed by atoms with E-state index in [0.717, 1.165) is 37.1 Å². The number of carbonyl (C=O) groups excluding carboxylic acids is 1. The number of fused-ring (bicyclic) bond motifs is 2. The van der Waals surface area contributed by atoms with Gasteiger partial charge in [0.1, 0.15) is 12.9 Å². The molecule has 3 heterocycles. The first kappa shape index (κ1) is 21.5. The van der Waals surface area contributed by atoms with Crippen molar-refractivity contribution in [3.63, 3.8) is 0 Å². The number of oxazole rings is 1. The smallest absolute Gasteiger partial charge is 0.417 e. The number of aryl methyl sites for hydroxylation is 1. The molecular formula is C24H22F3N3O3. The summed E-state index contributed by atoms with van der Waals surface area (Å²) in [7, 11) is 0. The van der Waals surface area contributed by atoms with Gasteiger partial charge in [0.05, 0.1) is 28.4 Å². The minimum absolute atomic E-state index is 0.108. The largest absolute Gasteiger partial charge is 0.475 e. The number of likely N-dealkylation sites (tertiary alicyclic amines) is 1. The van der Waals surface area contributed by atoms with Crippen LogP contribution in [0.4, 0.5) is 13.2 Å². The van der Waals surface area contributed by atoms with Crippen LogP contribution in [0.2, 0.25) is 0 Å². The van der Waals surface area contributed by atoms with E-state index in [1.807, 2.05) is 24.0 Å². The number of pyridine rings is 1. The van der Waals surface area contributed by atoms with Gasteiger partial charge in [-0.3, -0.25) is 4.79 Å². The molecule has 5 rings (SSSR count). The molecule has 1 aliphatic carbocycles. The molecule has 0 N–H and O–H groups in total. The van der Waals surface area contributed by atoms with Gasteiger partial charge in [0.15, 0.2) is 0 Å². The van der Waals surface area contributed by atoms with Crippen molar-refractivity contribution in [2.75, 3.05) is 13.2 Å². The molecule has 33 heavy (non-hydrogen) atoms. The van der Waals surface area contributed by atoms with E-state index in [9.17, 15) is 18.0 Å². The normalized spacial score (nSPS) is 22.1. The maximum atomic E-state index is 13.7. The molecule has 0 radical (unpaired) electrons. The Labute approximate surface area is 188 Å². The highest BCUT2D eigenvalue weighted by Crippen LogP contribution is 2.47. The zero-order valence-electron chi connectivity index (χ0n) is 17.9. The lowest BCUT2D eigenvalue weighted by atomic mass is 9.94. The summed E-state index contributed by atoms with van der Waals surface area (Å²) in [5.74, 6) is 0.738. The maximum Gasteiger partial charge on any atom is 0.417 e. The fraction of sp³-hybridized carbons (Fsp3) is 0.375. The van der Waals surface area contributed by atoms with Gasteiger partial charge >= 0.3 is 6.18 Å². The molecule has 1 amide bonds. The zero-order chi connectivity index (χ0) is 23.2. The minimum Gasteiger partial charge on any atom is -0.475 e. The summed E-state index contributed by atoms with van der Waals surface area (Å²) in [6.07, 6.45) is 1.86. The molecule has 2 bridgehead atoms. The predicted molar refractivity (Wildman–Crippen MR) is 113 cm³/mol. The number of halogens is 3. The first-order valence-electron chi connectivity index (χ1n) is 10.7. The van der Waals surface area contributed by atoms with Crippen molar-refractivity contribution >= 4 is 5.91 Å². The average molecular weight is 457 g/mol. The Balaban J connectivity index is 1.40. The Morgan fingerprint density at radius 2 is 2.12 bits per heavy atom. The van der Waals surface area contributed by atoms with E-state index < -0.39 is 17.3 Å². The molecule has 172 valence electrons. The number of nitrogens with zero attached hydrogens (tertiary/aromatic N) is 3. The summed E-state index contributed by atoms with van der Waals surface area (Å²) in [5.41, 5.74) is 0.703. The van der Waals surface area contributed by atoms with E-state index in [4.69, 9.17) is 9.15 Å². The van der Waals surface area contributed by atoms with Crippen LogP contribution < -0.4 is 4.74 Å². The third-order valence-electron chi connectivity index (χ3n) is 6.65. The molecule has 0 spiro atoms. The molecule has 2 fully saturated rings. The van der Waals surface area contributed by atoms with Gasteiger partial charge in [0, 0.05) is 18.8 Å². The molecule has 3 aromatic rings. The SMILES string of the molecule is Cc1cccc(C(=O)N2CC3CCC2(COc2ccc(C(F)(F)F)cn2)C3)c1-c1ncco1. The van der Waals surface area contributed by atoms with Crippen LogP contribution >= 0.6 is 0 Å². The zero-order valence-corrected chi connectivity index (χ0v) is 17.9. The second-order valence-corrected chi connectivity index (χ2v) is 8.76. The summed E-state index contributed by atoms with van der Waals surface area (Å²) in [6, 6.07) is 7.67. The highest BCUT2D eigenvalue weighted by Gasteiger charge is 2.53. The van der Waals surface area contributed by atoms with Gasteiger partial charge in [0.25, 0.3) is 5.91 Å². The summed E-state index contributed by atoms with van der Waals surface area (Å²) in [5, 5.41) is 0. The standard InChI is InChI=1S/C24H22F3N3O3/c1-15-3-2-4-18(20(15)21-28-9-10-32-21)22(31)30-13-16-7-8-23(30,11-16)14-33-19-6-5-17(12-29-19)24(25,26)27/h2-6,9-10,12,16H,7-8,11,13-14H2,1H3. The first-order valence-corrected chi connectivity index (χ1v) is 10.7. The molecule has 2 aromatic heterocycles. The Kier molecular flexibility index (Phi) is 5.14. The average Bonchev–Trinajstić information content (AvgIpc) is 3.53. The topological polar surface area (TPSA) is 68.5 Å². The van der Waals surface area contributed by atoms with E-state index in [0.29, 0.717) is 29.5 Å². The quantitative estimate of drug-likeness (QED) is 0.531. The number of amides is 1. The van der Waals surface area contributed by atoms with Gasteiger partial charge in [-0.25, -0.2) is 9.97 Å². The lowest BCUT2D eigenvalue weighted by Gasteiger charge is -2.39. The molecule has 1 aromatic carbocycles. The number of carbonyl (C=O) groups is 1. The van der Waals surface area contributed by atoms with Gasteiger partial charge in [-0.1, -0.05) is 12.1 Å². The monoisotopic (exact) mass is 457 g/mol. The number of benzene rings is 1. The lowest BCUT2D eigenvalue weighted by molar-refractivity contribution is -0.137. The summed E-state index contributed by atoms with van der Waals surface area (Å²) in [6.45, 7) is 2.69. The number of hydrogen-bond donors (Lipinski definition) is 0. The van der Waals surface area contributed by atoms with Crippen LogP contribution in [0.1, 0.15) is 40.7 Å². The molecule has 9 heteroatoms. The van der Waals surface area contributed by atoms with Crippen molar-refractivity contribution in [1.82, 2.24) is 14.9 Å². The lowest BCUT2D eigenvalue weighted by Crippen LogP contribution is -2.52. The minimum atomic E-state index is -4.45. The maximum absolute atomic E-state index is 13.7. The summed E-state index contributed by atoms with van der Waals surface area (Å²) >= 11 is 0. The van der Waals surface area contributed by atoms with Crippen molar-refractivity contribution in [2.45, 2.75) is 37.9 Å². The van der Waals surface area contributed by atoms with Crippen LogP contribution in [0.15, 0.2) is 53.4 Å². The Bertz CT molecular complexity index is 1160. The van der Waals surface area contributed by atoms with Crippen molar-refractivity contribution in [2.24, 2.45) is 5.92 Å². The van der Waals surface area contributed by atoms with Crippen molar-refractivity contribution in [1.29, 1.82) is 0 Å². The molecule has 2 unspecified atom stereocenters. The van der Waals surface area contributed by atoms with E-state index in [2.05, 4.69) is 9.97 Å². The number of ether oxygens (including phenoxy) is 1. The predicted octanol–water partition coefficient (Wildman–Crippen LogP) is 5.14. The second-order valence-electron chi connectivity index (χ2n) is 8.76. The number of hydrogen-bond acceptors (Lipinski definition) is 5. The highest BCUT2D eigenvalue weighted by atomic mass is 19.4. The fourth-order valence-electron chi connectivity index (χ4n) is 5.04. The Hall–Kier alpha value is -3.36. The van der Waals surface area contributed by atoms with Crippen LogP contribution in [0.5, 0.6) is 5.88 Å². The number of aromatic nitrogens is 2. The van der Waals surface area contributed by atoms with E-state index >= 15 is 0 Å². The fourth-order valence-corrected chi connectivity index (χ4v) is 5.04. The van der Waals surface area contributed by atoms with Crippen LogP contribution in [0.25, 0.3) is 11.5 Å². The molecule has 1 saturated heterocycles. The molecular weight excluding hydrogens is 435 g/mol. The number of piperidine rings is 1. The van der Waals surface area contributed by atoms with Gasteiger partial charge in [-0.2, -0.15) is 13.2 Å². The second kappa shape index (κ2) is 7.90. The number of rotatable bonds is 5. The van der Waals surface area contributed by atoms with Crippen LogP contribution in [-0.2, 0) is 6.18 Å².